The zero-order valence-electron chi connectivity index (χ0n) is 7.25. The number of nitrogens with zero attached hydrogens (tertiary/aromatic N) is 2. The zero-order valence-corrected chi connectivity index (χ0v) is 7.25. The highest BCUT2D eigenvalue weighted by atomic mass is 15.0. The van der Waals surface area contributed by atoms with Gasteiger partial charge in [0.2, 0.25) is 0 Å². The largest absolute Gasteiger partial charge is 0.370 e. The maximum Gasteiger partial charge on any atom is 0.144 e. The molecular formula is C8H14N4. The molecule has 4 heteroatoms. The third kappa shape index (κ3) is 2.47. The maximum atomic E-state index is 5.39. The van der Waals surface area contributed by atoms with Crippen LogP contribution >= 0.6 is 0 Å². The summed E-state index contributed by atoms with van der Waals surface area (Å²) < 4.78 is 0. The van der Waals surface area contributed by atoms with Crippen molar-refractivity contribution >= 4 is 5.82 Å². The summed E-state index contributed by atoms with van der Waals surface area (Å²) in [6.07, 6.45) is 2.80. The number of hydrogen-bond acceptors (Lipinski definition) is 4. The van der Waals surface area contributed by atoms with Crippen molar-refractivity contribution in [1.82, 2.24) is 9.97 Å². The minimum atomic E-state index is 0.391. The lowest BCUT2D eigenvalue weighted by molar-refractivity contribution is 0.896. The fourth-order valence-electron chi connectivity index (χ4n) is 0.849. The predicted octanol–water partition coefficient (Wildman–Crippen LogP) is 0.757. The number of nitrogens with two attached hydrogens (primary N) is 1. The van der Waals surface area contributed by atoms with Crippen molar-refractivity contribution in [3.63, 3.8) is 0 Å². The third-order valence-electron chi connectivity index (χ3n) is 1.44. The van der Waals surface area contributed by atoms with Crippen LogP contribution in [0.2, 0.25) is 0 Å². The highest BCUT2D eigenvalue weighted by Crippen LogP contribution is 2.00. The van der Waals surface area contributed by atoms with E-state index in [0.29, 0.717) is 12.4 Å². The minimum Gasteiger partial charge on any atom is -0.370 e. The lowest BCUT2D eigenvalue weighted by Gasteiger charge is -2.03. The molecular weight excluding hydrogens is 152 g/mol. The van der Waals surface area contributed by atoms with Gasteiger partial charge in [-0.1, -0.05) is 6.92 Å². The number of rotatable bonds is 4. The van der Waals surface area contributed by atoms with E-state index in [1.54, 1.807) is 6.20 Å². The molecule has 0 unspecified atom stereocenters. The topological polar surface area (TPSA) is 63.8 Å². The Labute approximate surface area is 72.2 Å². The predicted molar refractivity (Wildman–Crippen MR) is 48.7 cm³/mol. The van der Waals surface area contributed by atoms with E-state index >= 15 is 0 Å². The second-order valence-electron chi connectivity index (χ2n) is 2.49. The summed E-state index contributed by atoms with van der Waals surface area (Å²) in [6, 6.07) is 1.84. The average molecular weight is 166 g/mol. The Balaban J connectivity index is 2.60. The minimum absolute atomic E-state index is 0.391. The summed E-state index contributed by atoms with van der Waals surface area (Å²) in [5.41, 5.74) is 5.39. The first kappa shape index (κ1) is 8.93. The van der Waals surface area contributed by atoms with Crippen molar-refractivity contribution in [2.24, 2.45) is 5.73 Å². The van der Waals surface area contributed by atoms with Gasteiger partial charge < -0.3 is 11.1 Å². The second kappa shape index (κ2) is 4.66. The molecule has 0 fully saturated rings. The molecule has 66 valence electrons. The fourth-order valence-corrected chi connectivity index (χ4v) is 0.849. The Bertz CT molecular complexity index is 236. The van der Waals surface area contributed by atoms with Gasteiger partial charge in [-0.15, -0.1) is 0 Å². The molecule has 0 radical (unpaired) electrons. The lowest BCUT2D eigenvalue weighted by atomic mass is 10.4. The number of anilines is 1. The highest BCUT2D eigenvalue weighted by Gasteiger charge is 1.94. The molecule has 0 aliphatic heterocycles. The SMILES string of the molecule is CCCNc1ccnc(CN)n1. The van der Waals surface area contributed by atoms with Gasteiger partial charge in [-0.05, 0) is 12.5 Å². The molecule has 0 aromatic carbocycles. The molecule has 0 bridgehead atoms. The molecule has 0 saturated carbocycles. The van der Waals surface area contributed by atoms with Gasteiger partial charge in [-0.3, -0.25) is 0 Å². The Morgan fingerprint density at radius 3 is 3.08 bits per heavy atom. The zero-order chi connectivity index (χ0) is 8.81. The van der Waals surface area contributed by atoms with Crippen LogP contribution in [0.1, 0.15) is 19.2 Å². The second-order valence-corrected chi connectivity index (χ2v) is 2.49. The van der Waals surface area contributed by atoms with Crippen molar-refractivity contribution in [3.8, 4) is 0 Å². The molecule has 3 N–H and O–H groups in total. The van der Waals surface area contributed by atoms with Crippen LogP contribution in [-0.2, 0) is 6.54 Å². The van der Waals surface area contributed by atoms with Gasteiger partial charge in [0.25, 0.3) is 0 Å². The van der Waals surface area contributed by atoms with Gasteiger partial charge in [0, 0.05) is 12.7 Å². The van der Waals surface area contributed by atoms with Gasteiger partial charge in [0.05, 0.1) is 6.54 Å². The summed E-state index contributed by atoms with van der Waals surface area (Å²) in [7, 11) is 0. The first-order valence-corrected chi connectivity index (χ1v) is 4.12. The fraction of sp³-hybridized carbons (Fsp3) is 0.500. The van der Waals surface area contributed by atoms with Crippen LogP contribution in [0.5, 0.6) is 0 Å². The van der Waals surface area contributed by atoms with Crippen LogP contribution < -0.4 is 11.1 Å². The standard InChI is InChI=1S/C8H14N4/c1-2-4-10-7-3-5-11-8(6-9)12-7/h3,5H,2,4,6,9H2,1H3,(H,10,11,12). The first-order chi connectivity index (χ1) is 5.86. The Morgan fingerprint density at radius 1 is 1.58 bits per heavy atom. The van der Waals surface area contributed by atoms with Crippen molar-refractivity contribution in [2.45, 2.75) is 19.9 Å². The van der Waals surface area contributed by atoms with Crippen molar-refractivity contribution in [2.75, 3.05) is 11.9 Å². The monoisotopic (exact) mass is 166 g/mol. The van der Waals surface area contributed by atoms with Crippen LogP contribution in [0.25, 0.3) is 0 Å². The van der Waals surface area contributed by atoms with Gasteiger partial charge >= 0.3 is 0 Å². The number of aromatic nitrogens is 2. The van der Waals surface area contributed by atoms with Gasteiger partial charge in [-0.2, -0.15) is 0 Å². The van der Waals surface area contributed by atoms with Crippen LogP contribution in [0.4, 0.5) is 5.82 Å². The molecule has 0 amide bonds. The molecule has 0 aliphatic carbocycles. The molecule has 12 heavy (non-hydrogen) atoms. The molecule has 1 heterocycles. The van der Waals surface area contributed by atoms with E-state index < -0.39 is 0 Å². The van der Waals surface area contributed by atoms with E-state index in [2.05, 4.69) is 22.2 Å². The Morgan fingerprint density at radius 2 is 2.42 bits per heavy atom. The number of hydrogen-bond donors (Lipinski definition) is 2. The summed E-state index contributed by atoms with van der Waals surface area (Å²) in [6.45, 7) is 3.43. The highest BCUT2D eigenvalue weighted by molar-refractivity contribution is 5.32. The summed E-state index contributed by atoms with van der Waals surface area (Å²) >= 11 is 0. The van der Waals surface area contributed by atoms with Crippen LogP contribution in [-0.4, -0.2) is 16.5 Å². The van der Waals surface area contributed by atoms with Crippen molar-refractivity contribution < 1.29 is 0 Å². The van der Waals surface area contributed by atoms with Gasteiger partial charge in [0.1, 0.15) is 11.6 Å². The Hall–Kier alpha value is -1.16. The van der Waals surface area contributed by atoms with Crippen molar-refractivity contribution in [1.29, 1.82) is 0 Å². The normalized spacial score (nSPS) is 9.83. The third-order valence-corrected chi connectivity index (χ3v) is 1.44. The van der Waals surface area contributed by atoms with E-state index in [0.717, 1.165) is 18.8 Å². The summed E-state index contributed by atoms with van der Waals surface area (Å²) in [4.78, 5) is 8.17. The van der Waals surface area contributed by atoms with E-state index in [9.17, 15) is 0 Å². The summed E-state index contributed by atoms with van der Waals surface area (Å²) in [5.74, 6) is 1.53. The summed E-state index contributed by atoms with van der Waals surface area (Å²) in [5, 5.41) is 3.16. The first-order valence-electron chi connectivity index (χ1n) is 4.12. The van der Waals surface area contributed by atoms with Crippen LogP contribution in [0.15, 0.2) is 12.3 Å². The quantitative estimate of drug-likeness (QED) is 0.693. The molecule has 4 nitrogen and oxygen atoms in total. The van der Waals surface area contributed by atoms with E-state index in [4.69, 9.17) is 5.73 Å². The van der Waals surface area contributed by atoms with Crippen molar-refractivity contribution in [3.05, 3.63) is 18.1 Å². The van der Waals surface area contributed by atoms with Gasteiger partial charge in [0.15, 0.2) is 0 Å². The van der Waals surface area contributed by atoms with E-state index in [1.807, 2.05) is 6.07 Å². The molecule has 1 aromatic heterocycles. The van der Waals surface area contributed by atoms with Crippen LogP contribution in [0, 0.1) is 0 Å². The molecule has 0 saturated heterocycles. The Kier molecular flexibility index (Phi) is 3.47. The van der Waals surface area contributed by atoms with E-state index in [-0.39, 0.29) is 0 Å². The number of nitrogens with one attached hydrogen (secondary N) is 1. The molecule has 1 aromatic rings. The molecule has 0 aliphatic rings. The average Bonchev–Trinajstić information content (AvgIpc) is 2.15. The molecule has 0 atom stereocenters. The molecule has 0 spiro atoms. The van der Waals surface area contributed by atoms with Gasteiger partial charge in [-0.25, -0.2) is 9.97 Å². The molecule has 1 rings (SSSR count). The van der Waals surface area contributed by atoms with Crippen LogP contribution in [0.3, 0.4) is 0 Å². The smallest absolute Gasteiger partial charge is 0.144 e. The maximum absolute atomic E-state index is 5.39. The van der Waals surface area contributed by atoms with E-state index in [1.165, 1.54) is 0 Å². The lowest BCUT2D eigenvalue weighted by Crippen LogP contribution is -2.07.